The first-order valence-electron chi connectivity index (χ1n) is 9.80. The summed E-state index contributed by atoms with van der Waals surface area (Å²) in [6.07, 6.45) is 3.25. The number of hydrogen-bond acceptors (Lipinski definition) is 6. The summed E-state index contributed by atoms with van der Waals surface area (Å²) in [7, 11) is 0. The van der Waals surface area contributed by atoms with E-state index in [0.717, 1.165) is 24.8 Å². The fourth-order valence-corrected chi connectivity index (χ4v) is 3.65. The second-order valence-electron chi connectivity index (χ2n) is 7.47. The third-order valence-electron chi connectivity index (χ3n) is 5.16. The number of rotatable bonds is 10. The number of carbonyl (C=O) groups excluding carboxylic acids is 2. The summed E-state index contributed by atoms with van der Waals surface area (Å²) in [5.41, 5.74) is 5.51. The van der Waals surface area contributed by atoms with Gasteiger partial charge in [0.2, 0.25) is 11.9 Å². The highest BCUT2D eigenvalue weighted by atomic mass is 16.5. The van der Waals surface area contributed by atoms with Gasteiger partial charge >= 0.3 is 5.97 Å². The molecule has 9 nitrogen and oxygen atoms in total. The number of ether oxygens (including phenoxy) is 1. The van der Waals surface area contributed by atoms with E-state index in [1.54, 1.807) is 23.1 Å². The van der Waals surface area contributed by atoms with E-state index in [-0.39, 0.29) is 18.9 Å². The number of nitrogens with two attached hydrogens (primary N) is 1. The Balaban J connectivity index is 1.82. The number of carboxylic acids is 1. The quantitative estimate of drug-likeness (QED) is 0.510. The summed E-state index contributed by atoms with van der Waals surface area (Å²) >= 11 is 0. The molecule has 3 rings (SSSR count). The molecule has 0 radical (unpaired) electrons. The Morgan fingerprint density at radius 1 is 1.31 bits per heavy atom. The molecular weight excluding hydrogens is 376 g/mol. The monoisotopic (exact) mass is 402 g/mol. The maximum Gasteiger partial charge on any atom is 0.307 e. The maximum atomic E-state index is 12.3. The number of amides is 2. The molecule has 4 N–H and O–H groups in total. The minimum atomic E-state index is -1.61. The van der Waals surface area contributed by atoms with E-state index in [2.05, 4.69) is 17.2 Å². The van der Waals surface area contributed by atoms with Crippen LogP contribution in [0.2, 0.25) is 0 Å². The van der Waals surface area contributed by atoms with Crippen molar-refractivity contribution >= 4 is 29.4 Å². The predicted molar refractivity (Wildman–Crippen MR) is 106 cm³/mol. The first-order valence-corrected chi connectivity index (χ1v) is 9.80. The van der Waals surface area contributed by atoms with E-state index < -0.39 is 23.9 Å². The number of fused-ring (bicyclic) bond motifs is 2. The summed E-state index contributed by atoms with van der Waals surface area (Å²) < 4.78 is 5.95. The van der Waals surface area contributed by atoms with Gasteiger partial charge in [0, 0.05) is 12.1 Å². The van der Waals surface area contributed by atoms with Crippen LogP contribution in [0, 0.1) is 0 Å². The lowest BCUT2D eigenvalue weighted by Gasteiger charge is -2.31. The van der Waals surface area contributed by atoms with E-state index in [1.165, 1.54) is 0 Å². The zero-order chi connectivity index (χ0) is 21.0. The van der Waals surface area contributed by atoms with Crippen LogP contribution in [0.3, 0.4) is 0 Å². The zero-order valence-corrected chi connectivity index (χ0v) is 16.4. The van der Waals surface area contributed by atoms with Crippen LogP contribution in [0.25, 0.3) is 0 Å². The van der Waals surface area contributed by atoms with Gasteiger partial charge in [-0.25, -0.2) is 4.99 Å². The molecule has 1 aromatic carbocycles. The van der Waals surface area contributed by atoms with E-state index in [4.69, 9.17) is 10.5 Å². The van der Waals surface area contributed by atoms with Crippen molar-refractivity contribution in [2.24, 2.45) is 10.7 Å². The highest BCUT2D eigenvalue weighted by Crippen LogP contribution is 2.33. The number of hydrogen-bond donors (Lipinski definition) is 3. The molecule has 2 aliphatic heterocycles. The molecule has 2 aliphatic rings. The number of aliphatic carboxylic acids is 1. The molecule has 2 heterocycles. The molecule has 1 fully saturated rings. The predicted octanol–water partition coefficient (Wildman–Crippen LogP) is 1.67. The molecule has 1 unspecified atom stereocenters. The number of carboxylic acid groups (broad SMARTS) is 1. The van der Waals surface area contributed by atoms with Crippen molar-refractivity contribution in [3.63, 3.8) is 0 Å². The van der Waals surface area contributed by atoms with Gasteiger partial charge in [-0.05, 0) is 31.0 Å². The van der Waals surface area contributed by atoms with Crippen molar-refractivity contribution in [3.05, 3.63) is 23.8 Å². The van der Waals surface area contributed by atoms with Gasteiger partial charge < -0.3 is 20.5 Å². The number of aliphatic imine (C=N–C) groups is 1. The molecule has 0 aromatic heterocycles. The van der Waals surface area contributed by atoms with Gasteiger partial charge in [0.15, 0.2) is 5.60 Å². The summed E-state index contributed by atoms with van der Waals surface area (Å²) in [5.74, 6) is -1.17. The van der Waals surface area contributed by atoms with Crippen molar-refractivity contribution < 1.29 is 24.2 Å². The Kier molecular flexibility index (Phi) is 6.05. The fraction of sp³-hybridized carbons (Fsp3) is 0.500. The molecule has 0 spiro atoms. The number of guanidine groups is 1. The van der Waals surface area contributed by atoms with Crippen LogP contribution in [-0.4, -0.2) is 45.9 Å². The summed E-state index contributed by atoms with van der Waals surface area (Å²) in [4.78, 5) is 41.5. The third kappa shape index (κ3) is 4.67. The molecule has 0 saturated carbocycles. The van der Waals surface area contributed by atoms with Crippen LogP contribution in [0.1, 0.15) is 51.0 Å². The van der Waals surface area contributed by atoms with Crippen molar-refractivity contribution in [1.29, 1.82) is 0 Å². The minimum Gasteiger partial charge on any atom is -0.481 e. The molecule has 1 atom stereocenters. The second kappa shape index (κ2) is 8.50. The average Bonchev–Trinajstić information content (AvgIpc) is 3.01. The molecular formula is C20H26N4O5. The van der Waals surface area contributed by atoms with Crippen molar-refractivity contribution in [2.75, 3.05) is 6.54 Å². The van der Waals surface area contributed by atoms with Crippen LogP contribution >= 0.6 is 0 Å². The van der Waals surface area contributed by atoms with Gasteiger partial charge in [-0.2, -0.15) is 0 Å². The standard InChI is InChI=1S/C20H26N4O5/c1-2-3-4-5-8-20(18(21)28,10-17(26)27)29-14-6-7-15-13(9-14)11-24-12-16(25)23-19(24)22-15/h6-7,9H,2-5,8,10-12H2,1H3,(H2,21,28)(H,26,27)(H,22,23,25). The number of unbranched alkanes of at least 4 members (excludes halogenated alkanes) is 3. The molecule has 0 aliphatic carbocycles. The normalized spacial score (nSPS) is 16.9. The van der Waals surface area contributed by atoms with Gasteiger partial charge in [-0.1, -0.05) is 26.2 Å². The Morgan fingerprint density at radius 2 is 2.10 bits per heavy atom. The summed E-state index contributed by atoms with van der Waals surface area (Å²) in [6, 6.07) is 5.09. The number of nitrogens with zero attached hydrogens (tertiary/aromatic N) is 2. The highest BCUT2D eigenvalue weighted by molar-refractivity contribution is 6.05. The van der Waals surface area contributed by atoms with Crippen LogP contribution in [0.5, 0.6) is 5.75 Å². The Bertz CT molecular complexity index is 853. The SMILES string of the molecule is CCCCCCC(CC(=O)O)(Oc1ccc2c(c1)CN1CC(=O)NC1=N2)C(N)=O. The lowest BCUT2D eigenvalue weighted by Crippen LogP contribution is -2.50. The highest BCUT2D eigenvalue weighted by Gasteiger charge is 2.41. The first kappa shape index (κ1) is 20.6. The molecule has 1 saturated heterocycles. The molecule has 1 aromatic rings. The van der Waals surface area contributed by atoms with Crippen molar-refractivity contribution in [1.82, 2.24) is 10.2 Å². The van der Waals surface area contributed by atoms with E-state index in [0.29, 0.717) is 30.4 Å². The van der Waals surface area contributed by atoms with Gasteiger partial charge in [-0.15, -0.1) is 0 Å². The van der Waals surface area contributed by atoms with Gasteiger partial charge in [0.25, 0.3) is 5.91 Å². The van der Waals surface area contributed by atoms with Gasteiger partial charge in [0.05, 0.1) is 12.1 Å². The van der Waals surface area contributed by atoms with Crippen LogP contribution < -0.4 is 15.8 Å². The second-order valence-corrected chi connectivity index (χ2v) is 7.47. The van der Waals surface area contributed by atoms with E-state index >= 15 is 0 Å². The van der Waals surface area contributed by atoms with Crippen LogP contribution in [0.4, 0.5) is 5.69 Å². The summed E-state index contributed by atoms with van der Waals surface area (Å²) in [5, 5.41) is 12.0. The Labute approximate surface area is 168 Å². The molecule has 29 heavy (non-hydrogen) atoms. The largest absolute Gasteiger partial charge is 0.481 e. The van der Waals surface area contributed by atoms with Crippen molar-refractivity contribution in [3.8, 4) is 5.75 Å². The number of carbonyl (C=O) groups is 3. The smallest absolute Gasteiger partial charge is 0.307 e. The van der Waals surface area contributed by atoms with Crippen LogP contribution in [0.15, 0.2) is 23.2 Å². The van der Waals surface area contributed by atoms with E-state index in [1.807, 2.05) is 0 Å². The summed E-state index contributed by atoms with van der Waals surface area (Å²) in [6.45, 7) is 2.76. The maximum absolute atomic E-state index is 12.3. The Hall–Kier alpha value is -3.10. The topological polar surface area (TPSA) is 134 Å². The molecule has 0 bridgehead atoms. The van der Waals surface area contributed by atoms with Gasteiger partial charge in [-0.3, -0.25) is 19.7 Å². The van der Waals surface area contributed by atoms with Crippen LogP contribution in [-0.2, 0) is 20.9 Å². The zero-order valence-electron chi connectivity index (χ0n) is 16.4. The first-order chi connectivity index (χ1) is 13.8. The molecule has 9 heteroatoms. The fourth-order valence-electron chi connectivity index (χ4n) is 3.65. The van der Waals surface area contributed by atoms with Gasteiger partial charge in [0.1, 0.15) is 12.3 Å². The van der Waals surface area contributed by atoms with Crippen molar-refractivity contribution in [2.45, 2.75) is 57.6 Å². The molecule has 156 valence electrons. The lowest BCUT2D eigenvalue weighted by atomic mass is 9.91. The average molecular weight is 402 g/mol. The third-order valence-corrected chi connectivity index (χ3v) is 5.16. The number of primary amides is 1. The Morgan fingerprint density at radius 3 is 2.79 bits per heavy atom. The number of nitrogens with one attached hydrogen (secondary N) is 1. The number of benzene rings is 1. The molecule has 2 amide bonds. The lowest BCUT2D eigenvalue weighted by molar-refractivity contribution is -0.149. The van der Waals surface area contributed by atoms with E-state index in [9.17, 15) is 19.5 Å². The minimum absolute atomic E-state index is 0.116.